The number of nitrogens with zero attached hydrogens (tertiary/aromatic N) is 1. The number of amides is 1. The molecule has 0 heterocycles. The average molecular weight is 383 g/mol. The third-order valence-electron chi connectivity index (χ3n) is 4.85. The van der Waals surface area contributed by atoms with Crippen LogP contribution in [-0.2, 0) is 14.8 Å². The predicted octanol–water partition coefficient (Wildman–Crippen LogP) is 3.08. The van der Waals surface area contributed by atoms with Gasteiger partial charge in [-0.15, -0.1) is 0 Å². The molecule has 0 bridgehead atoms. The van der Waals surface area contributed by atoms with Crippen LogP contribution < -0.4 is 14.4 Å². The van der Waals surface area contributed by atoms with Crippen LogP contribution in [0.2, 0.25) is 0 Å². The highest BCUT2D eigenvalue weighted by Gasteiger charge is 2.30. The van der Waals surface area contributed by atoms with Gasteiger partial charge in [0.1, 0.15) is 11.8 Å². The Balaban J connectivity index is 2.17. The molecule has 0 spiro atoms. The molecule has 1 N–H and O–H groups in total. The summed E-state index contributed by atoms with van der Waals surface area (Å²) in [6.07, 6.45) is 8.88. The smallest absolute Gasteiger partial charge is 0.243 e. The number of ether oxygens (including phenoxy) is 1. The van der Waals surface area contributed by atoms with Gasteiger partial charge in [-0.05, 0) is 31.9 Å². The third-order valence-corrected chi connectivity index (χ3v) is 6.09. The van der Waals surface area contributed by atoms with Crippen LogP contribution in [0.3, 0.4) is 0 Å². The third kappa shape index (κ3) is 5.62. The molecule has 0 radical (unpaired) electrons. The predicted molar refractivity (Wildman–Crippen MR) is 104 cm³/mol. The topological polar surface area (TPSA) is 75.7 Å². The van der Waals surface area contributed by atoms with Crippen molar-refractivity contribution in [3.8, 4) is 5.75 Å². The van der Waals surface area contributed by atoms with Crippen LogP contribution in [0.1, 0.15) is 51.9 Å². The van der Waals surface area contributed by atoms with Crippen LogP contribution in [-0.4, -0.2) is 39.8 Å². The van der Waals surface area contributed by atoms with E-state index in [1.54, 1.807) is 31.2 Å². The van der Waals surface area contributed by atoms with Crippen molar-refractivity contribution in [1.82, 2.24) is 5.32 Å². The molecular weight excluding hydrogens is 352 g/mol. The summed E-state index contributed by atoms with van der Waals surface area (Å²) >= 11 is 0. The Labute approximate surface area is 157 Å². The second-order valence-electron chi connectivity index (χ2n) is 6.99. The van der Waals surface area contributed by atoms with E-state index in [2.05, 4.69) is 5.32 Å². The van der Waals surface area contributed by atoms with E-state index >= 15 is 0 Å². The standard InChI is InChI=1S/C19H30N2O4S/c1-15(19(22)20-16-10-7-5-4-6-8-11-16)21(26(3,23)24)17-12-9-13-18(14-17)25-2/h9,12-16H,4-8,10-11H2,1-3H3,(H,20,22). The average Bonchev–Trinajstić information content (AvgIpc) is 2.56. The van der Waals surface area contributed by atoms with Crippen molar-refractivity contribution in [3.63, 3.8) is 0 Å². The molecule has 1 aromatic rings. The summed E-state index contributed by atoms with van der Waals surface area (Å²) in [5, 5.41) is 3.06. The highest BCUT2D eigenvalue weighted by atomic mass is 32.2. The van der Waals surface area contributed by atoms with Gasteiger partial charge in [-0.2, -0.15) is 0 Å². The zero-order valence-electron chi connectivity index (χ0n) is 15.9. The largest absolute Gasteiger partial charge is 0.497 e. The maximum absolute atomic E-state index is 12.8. The summed E-state index contributed by atoms with van der Waals surface area (Å²) in [5.74, 6) is 0.285. The Bertz CT molecular complexity index is 697. The van der Waals surface area contributed by atoms with Crippen molar-refractivity contribution >= 4 is 21.6 Å². The summed E-state index contributed by atoms with van der Waals surface area (Å²) in [4.78, 5) is 12.8. The van der Waals surface area contributed by atoms with Crippen molar-refractivity contribution in [2.24, 2.45) is 0 Å². The molecule has 1 fully saturated rings. The minimum absolute atomic E-state index is 0.122. The molecule has 7 heteroatoms. The van der Waals surface area contributed by atoms with Gasteiger partial charge in [-0.3, -0.25) is 9.10 Å². The number of hydrogen-bond acceptors (Lipinski definition) is 4. The van der Waals surface area contributed by atoms with Gasteiger partial charge in [0.2, 0.25) is 15.9 Å². The van der Waals surface area contributed by atoms with Gasteiger partial charge in [0.05, 0.1) is 19.1 Å². The minimum Gasteiger partial charge on any atom is -0.497 e. The number of hydrogen-bond donors (Lipinski definition) is 1. The second-order valence-corrected chi connectivity index (χ2v) is 8.85. The highest BCUT2D eigenvalue weighted by molar-refractivity contribution is 7.92. The monoisotopic (exact) mass is 382 g/mol. The zero-order valence-corrected chi connectivity index (χ0v) is 16.7. The van der Waals surface area contributed by atoms with Crippen molar-refractivity contribution in [2.45, 2.75) is 64.0 Å². The van der Waals surface area contributed by atoms with E-state index in [4.69, 9.17) is 4.74 Å². The SMILES string of the molecule is COc1cccc(N(C(C)C(=O)NC2CCCCCCC2)S(C)(=O)=O)c1. The van der Waals surface area contributed by atoms with Gasteiger partial charge in [-0.25, -0.2) is 8.42 Å². The van der Waals surface area contributed by atoms with E-state index in [0.29, 0.717) is 11.4 Å². The van der Waals surface area contributed by atoms with Crippen molar-refractivity contribution < 1.29 is 17.9 Å². The van der Waals surface area contributed by atoms with Crippen molar-refractivity contribution in [2.75, 3.05) is 17.7 Å². The van der Waals surface area contributed by atoms with E-state index in [9.17, 15) is 13.2 Å². The van der Waals surface area contributed by atoms with Crippen molar-refractivity contribution in [1.29, 1.82) is 0 Å². The van der Waals surface area contributed by atoms with Gasteiger partial charge in [0.25, 0.3) is 0 Å². The van der Waals surface area contributed by atoms with Crippen LogP contribution in [0.15, 0.2) is 24.3 Å². The lowest BCUT2D eigenvalue weighted by molar-refractivity contribution is -0.122. The first-order chi connectivity index (χ1) is 12.3. The fourth-order valence-electron chi connectivity index (χ4n) is 3.48. The summed E-state index contributed by atoms with van der Waals surface area (Å²) in [6.45, 7) is 1.62. The molecular formula is C19H30N2O4S. The molecule has 0 saturated heterocycles. The van der Waals surface area contributed by atoms with Crippen LogP contribution in [0.25, 0.3) is 0 Å². The van der Waals surface area contributed by atoms with Gasteiger partial charge >= 0.3 is 0 Å². The Hall–Kier alpha value is -1.76. The lowest BCUT2D eigenvalue weighted by atomic mass is 9.96. The maximum Gasteiger partial charge on any atom is 0.243 e. The lowest BCUT2D eigenvalue weighted by Gasteiger charge is -2.30. The Morgan fingerprint density at radius 3 is 2.38 bits per heavy atom. The maximum atomic E-state index is 12.8. The number of rotatable bonds is 6. The molecule has 26 heavy (non-hydrogen) atoms. The Morgan fingerprint density at radius 2 is 1.81 bits per heavy atom. The van der Waals surface area contributed by atoms with E-state index in [-0.39, 0.29) is 11.9 Å². The van der Waals surface area contributed by atoms with Crippen LogP contribution in [0.5, 0.6) is 5.75 Å². The first kappa shape index (κ1) is 20.6. The Kier molecular flexibility index (Phi) is 7.32. The summed E-state index contributed by atoms with van der Waals surface area (Å²) in [7, 11) is -2.10. The molecule has 1 aliphatic carbocycles. The quantitative estimate of drug-likeness (QED) is 0.820. The molecule has 1 atom stereocenters. The van der Waals surface area contributed by atoms with Crippen LogP contribution >= 0.6 is 0 Å². The van der Waals surface area contributed by atoms with E-state index < -0.39 is 16.1 Å². The summed E-state index contributed by atoms with van der Waals surface area (Å²) in [5.41, 5.74) is 0.423. The van der Waals surface area contributed by atoms with Gasteiger partial charge in [0.15, 0.2) is 0 Å². The van der Waals surface area contributed by atoms with Crippen molar-refractivity contribution in [3.05, 3.63) is 24.3 Å². The zero-order chi connectivity index (χ0) is 19.2. The van der Waals surface area contributed by atoms with Gasteiger partial charge in [0, 0.05) is 12.1 Å². The molecule has 146 valence electrons. The molecule has 2 rings (SSSR count). The fourth-order valence-corrected chi connectivity index (χ4v) is 4.65. The molecule has 0 aliphatic heterocycles. The molecule has 1 saturated carbocycles. The van der Waals surface area contributed by atoms with E-state index in [1.807, 2.05) is 0 Å². The van der Waals surface area contributed by atoms with E-state index in [0.717, 1.165) is 36.2 Å². The number of sulfonamides is 1. The Morgan fingerprint density at radius 1 is 1.19 bits per heavy atom. The highest BCUT2D eigenvalue weighted by Crippen LogP contribution is 2.25. The summed E-state index contributed by atoms with van der Waals surface area (Å²) < 4.78 is 31.1. The van der Waals surface area contributed by atoms with Crippen LogP contribution in [0.4, 0.5) is 5.69 Å². The fraction of sp³-hybridized carbons (Fsp3) is 0.632. The first-order valence-electron chi connectivity index (χ1n) is 9.27. The molecule has 1 amide bonds. The van der Waals surface area contributed by atoms with Crippen LogP contribution in [0, 0.1) is 0 Å². The molecule has 1 aromatic carbocycles. The van der Waals surface area contributed by atoms with Gasteiger partial charge < -0.3 is 10.1 Å². The number of benzene rings is 1. The number of nitrogens with one attached hydrogen (secondary N) is 1. The summed E-state index contributed by atoms with van der Waals surface area (Å²) in [6, 6.07) is 6.04. The number of anilines is 1. The number of carbonyl (C=O) groups is 1. The first-order valence-corrected chi connectivity index (χ1v) is 11.1. The van der Waals surface area contributed by atoms with Gasteiger partial charge in [-0.1, -0.05) is 38.2 Å². The normalized spacial score (nSPS) is 17.7. The number of methoxy groups -OCH3 is 1. The molecule has 1 aliphatic rings. The minimum atomic E-state index is -3.62. The molecule has 6 nitrogen and oxygen atoms in total. The molecule has 1 unspecified atom stereocenters. The lowest BCUT2D eigenvalue weighted by Crippen LogP contribution is -2.50. The second kappa shape index (κ2) is 9.26. The molecule has 0 aromatic heterocycles. The van der Waals surface area contributed by atoms with E-state index in [1.165, 1.54) is 26.4 Å². The number of carbonyl (C=O) groups excluding carboxylic acids is 1.